The Labute approximate surface area is 185 Å². The van der Waals surface area contributed by atoms with E-state index in [0.29, 0.717) is 21.7 Å². The average Bonchev–Trinajstić information content (AvgIpc) is 3.12. The molecule has 7 nitrogen and oxygen atoms in total. The Morgan fingerprint density at radius 3 is 2.48 bits per heavy atom. The van der Waals surface area contributed by atoms with Crippen LogP contribution in [0.4, 0.5) is 17.6 Å². The fraction of sp³-hybridized carbons (Fsp3) is 0.227. The highest BCUT2D eigenvalue weighted by Crippen LogP contribution is 2.40. The molecule has 0 fully saturated rings. The molecule has 4 rings (SSSR count). The Morgan fingerprint density at radius 2 is 1.82 bits per heavy atom. The number of pyridine rings is 2. The second-order valence-corrected chi connectivity index (χ2v) is 7.25. The highest BCUT2D eigenvalue weighted by atomic mass is 19.3. The molecule has 3 heterocycles. The first kappa shape index (κ1) is 22.3. The molecule has 0 radical (unpaired) electrons. The van der Waals surface area contributed by atoms with Gasteiger partial charge in [-0.15, -0.1) is 4.73 Å². The highest BCUT2D eigenvalue weighted by molar-refractivity contribution is 5.87. The predicted molar refractivity (Wildman–Crippen MR) is 110 cm³/mol. The van der Waals surface area contributed by atoms with Crippen molar-refractivity contribution in [2.24, 2.45) is 4.99 Å². The van der Waals surface area contributed by atoms with Gasteiger partial charge < -0.3 is 14.9 Å². The van der Waals surface area contributed by atoms with Crippen molar-refractivity contribution in [3.63, 3.8) is 0 Å². The van der Waals surface area contributed by atoms with E-state index in [9.17, 15) is 22.4 Å². The molecule has 0 unspecified atom stereocenters. The van der Waals surface area contributed by atoms with Crippen molar-refractivity contribution in [1.29, 1.82) is 0 Å². The first-order valence-corrected chi connectivity index (χ1v) is 9.82. The molecule has 11 heteroatoms. The Balaban J connectivity index is 1.65. The molecule has 0 amide bonds. The van der Waals surface area contributed by atoms with Gasteiger partial charge in [-0.2, -0.15) is 13.2 Å². The SMILES string of the molecule is C[C@@H]1NC(COc2ccc(=O)n(OC(F)F)c2)=N[C@]1(c1ccc(F)cc1)c1ccc(F)nc1. The quantitative estimate of drug-likeness (QED) is 0.432. The summed E-state index contributed by atoms with van der Waals surface area (Å²) >= 11 is 0. The number of hydrogen-bond acceptors (Lipinski definition) is 6. The largest absolute Gasteiger partial charge is 0.484 e. The van der Waals surface area contributed by atoms with Gasteiger partial charge in [0.1, 0.15) is 29.5 Å². The number of ether oxygens (including phenoxy) is 1. The van der Waals surface area contributed by atoms with Gasteiger partial charge in [-0.1, -0.05) is 18.2 Å². The summed E-state index contributed by atoms with van der Waals surface area (Å²) in [5, 5.41) is 3.19. The third-order valence-corrected chi connectivity index (χ3v) is 5.19. The van der Waals surface area contributed by atoms with E-state index in [0.717, 1.165) is 12.3 Å². The summed E-state index contributed by atoms with van der Waals surface area (Å²) in [4.78, 5) is 24.2. The van der Waals surface area contributed by atoms with Gasteiger partial charge in [0.25, 0.3) is 5.56 Å². The minimum Gasteiger partial charge on any atom is -0.484 e. The lowest BCUT2D eigenvalue weighted by molar-refractivity contribution is -0.135. The summed E-state index contributed by atoms with van der Waals surface area (Å²) in [6, 6.07) is 10.5. The number of halogens is 4. The van der Waals surface area contributed by atoms with Gasteiger partial charge in [0.2, 0.25) is 5.95 Å². The van der Waals surface area contributed by atoms with Gasteiger partial charge in [0, 0.05) is 17.8 Å². The van der Waals surface area contributed by atoms with Crippen LogP contribution in [0.25, 0.3) is 0 Å². The van der Waals surface area contributed by atoms with Crippen LogP contribution in [0.1, 0.15) is 18.1 Å². The second kappa shape index (κ2) is 8.93. The van der Waals surface area contributed by atoms with Crippen LogP contribution in [0.2, 0.25) is 0 Å². The van der Waals surface area contributed by atoms with E-state index in [1.54, 1.807) is 18.2 Å². The molecular formula is C22H18F4N4O3. The van der Waals surface area contributed by atoms with Crippen LogP contribution in [0.3, 0.4) is 0 Å². The fourth-order valence-corrected chi connectivity index (χ4v) is 3.73. The van der Waals surface area contributed by atoms with Gasteiger partial charge in [0.15, 0.2) is 0 Å². The number of aromatic nitrogens is 2. The monoisotopic (exact) mass is 462 g/mol. The maximum absolute atomic E-state index is 13.6. The molecule has 0 saturated heterocycles. The van der Waals surface area contributed by atoms with Gasteiger partial charge in [-0.05, 0) is 36.8 Å². The van der Waals surface area contributed by atoms with Crippen molar-refractivity contribution in [1.82, 2.24) is 15.0 Å². The van der Waals surface area contributed by atoms with Gasteiger partial charge in [-0.3, -0.25) is 9.79 Å². The summed E-state index contributed by atoms with van der Waals surface area (Å²) in [6.07, 6.45) is 2.35. The van der Waals surface area contributed by atoms with E-state index in [4.69, 9.17) is 9.73 Å². The van der Waals surface area contributed by atoms with Crippen molar-refractivity contribution in [3.8, 4) is 5.75 Å². The molecule has 1 aliphatic rings. The summed E-state index contributed by atoms with van der Waals surface area (Å²) in [7, 11) is 0. The molecule has 33 heavy (non-hydrogen) atoms. The number of alkyl halides is 2. The van der Waals surface area contributed by atoms with E-state index in [1.165, 1.54) is 30.5 Å². The molecule has 2 atom stereocenters. The zero-order valence-electron chi connectivity index (χ0n) is 17.2. The van der Waals surface area contributed by atoms with E-state index >= 15 is 0 Å². The van der Waals surface area contributed by atoms with E-state index in [2.05, 4.69) is 15.1 Å². The Morgan fingerprint density at radius 1 is 1.09 bits per heavy atom. The van der Waals surface area contributed by atoms with Crippen molar-refractivity contribution in [3.05, 3.63) is 94.2 Å². The molecule has 1 N–H and O–H groups in total. The van der Waals surface area contributed by atoms with Crippen LogP contribution in [0, 0.1) is 11.8 Å². The smallest absolute Gasteiger partial charge is 0.405 e. The van der Waals surface area contributed by atoms with E-state index < -0.39 is 29.5 Å². The number of benzene rings is 1. The summed E-state index contributed by atoms with van der Waals surface area (Å²) in [5.41, 5.74) is -0.618. The van der Waals surface area contributed by atoms with Crippen LogP contribution in [0.15, 0.2) is 70.7 Å². The lowest BCUT2D eigenvalue weighted by Crippen LogP contribution is -2.41. The van der Waals surface area contributed by atoms with Gasteiger partial charge in [0.05, 0.1) is 12.2 Å². The molecule has 0 saturated carbocycles. The molecule has 3 aromatic rings. The minimum absolute atomic E-state index is 0.0927. The zero-order chi connectivity index (χ0) is 23.6. The maximum Gasteiger partial charge on any atom is 0.405 e. The Kier molecular flexibility index (Phi) is 6.03. The Hall–Kier alpha value is -3.89. The molecule has 0 bridgehead atoms. The average molecular weight is 462 g/mol. The first-order valence-electron chi connectivity index (χ1n) is 9.82. The molecule has 172 valence electrons. The van der Waals surface area contributed by atoms with Crippen molar-refractivity contribution in [2.45, 2.75) is 25.1 Å². The van der Waals surface area contributed by atoms with Crippen LogP contribution in [-0.2, 0) is 5.54 Å². The van der Waals surface area contributed by atoms with Gasteiger partial charge >= 0.3 is 6.61 Å². The van der Waals surface area contributed by atoms with Crippen molar-refractivity contribution >= 4 is 5.84 Å². The molecular weight excluding hydrogens is 444 g/mol. The minimum atomic E-state index is -3.18. The number of rotatable bonds is 7. The van der Waals surface area contributed by atoms with Crippen LogP contribution in [0.5, 0.6) is 5.75 Å². The number of nitrogens with zero attached hydrogens (tertiary/aromatic N) is 3. The number of aliphatic imine (C=N–C) groups is 1. The topological polar surface area (TPSA) is 77.7 Å². The normalized spacial score (nSPS) is 19.8. The first-order chi connectivity index (χ1) is 15.8. The summed E-state index contributed by atoms with van der Waals surface area (Å²) in [6.45, 7) is -1.44. The molecule has 0 spiro atoms. The molecule has 2 aromatic heterocycles. The van der Waals surface area contributed by atoms with E-state index in [-0.39, 0.29) is 18.4 Å². The zero-order valence-corrected chi connectivity index (χ0v) is 17.2. The van der Waals surface area contributed by atoms with Gasteiger partial charge in [-0.25, -0.2) is 9.37 Å². The lowest BCUT2D eigenvalue weighted by atomic mass is 9.79. The Bertz CT molecular complexity index is 1170. The number of hydrogen-bond donors (Lipinski definition) is 1. The third-order valence-electron chi connectivity index (χ3n) is 5.19. The molecule has 1 aliphatic heterocycles. The number of nitrogens with one attached hydrogen (secondary N) is 1. The number of amidine groups is 1. The van der Waals surface area contributed by atoms with Crippen molar-refractivity contribution < 1.29 is 27.1 Å². The predicted octanol–water partition coefficient (Wildman–Crippen LogP) is 2.89. The fourth-order valence-electron chi connectivity index (χ4n) is 3.73. The van der Waals surface area contributed by atoms with Crippen LogP contribution in [-0.4, -0.2) is 34.8 Å². The maximum atomic E-state index is 13.6. The summed E-state index contributed by atoms with van der Waals surface area (Å²) < 4.78 is 57.9. The molecule has 1 aromatic carbocycles. The standard InChI is InChI=1S/C22H18F4N4O3/c1-13-22(14-2-5-16(23)6-3-14,15-4-8-18(24)27-10-15)29-19(28-13)12-32-17-7-9-20(31)30(11-17)33-21(25)26/h2-11,13,21H,12H2,1H3,(H,28,29)/t13-,22+/m0/s1. The summed E-state index contributed by atoms with van der Waals surface area (Å²) in [5.74, 6) is -0.586. The lowest BCUT2D eigenvalue weighted by Gasteiger charge is -2.31. The molecule has 0 aliphatic carbocycles. The van der Waals surface area contributed by atoms with Crippen molar-refractivity contribution in [2.75, 3.05) is 6.61 Å². The highest BCUT2D eigenvalue weighted by Gasteiger charge is 2.45. The van der Waals surface area contributed by atoms with Crippen LogP contribution >= 0.6 is 0 Å². The van der Waals surface area contributed by atoms with Crippen LogP contribution < -0.4 is 20.5 Å². The third kappa shape index (κ3) is 4.52. The second-order valence-electron chi connectivity index (χ2n) is 7.25. The van der Waals surface area contributed by atoms with E-state index in [1.807, 2.05) is 6.92 Å².